The second-order valence-electron chi connectivity index (χ2n) is 5.40. The summed E-state index contributed by atoms with van der Waals surface area (Å²) in [5.74, 6) is -0.969. The number of H-pyrrole nitrogens is 2. The van der Waals surface area contributed by atoms with Gasteiger partial charge in [0.05, 0.1) is 22.6 Å². The molecule has 1 aromatic heterocycles. The first-order valence-corrected chi connectivity index (χ1v) is 7.87. The van der Waals surface area contributed by atoms with Gasteiger partial charge in [-0.2, -0.15) is 0 Å². The molecular formula is C17H16FN3O2S. The highest BCUT2D eigenvalue weighted by Gasteiger charge is 2.19. The zero-order chi connectivity index (χ0) is 17.1. The van der Waals surface area contributed by atoms with Crippen molar-refractivity contribution in [3.63, 3.8) is 0 Å². The quantitative estimate of drug-likeness (QED) is 0.536. The molecule has 7 heteroatoms. The van der Waals surface area contributed by atoms with Crippen molar-refractivity contribution in [2.24, 2.45) is 0 Å². The number of imidazole rings is 1. The van der Waals surface area contributed by atoms with E-state index in [1.807, 2.05) is 30.3 Å². The fourth-order valence-electron chi connectivity index (χ4n) is 2.66. The van der Waals surface area contributed by atoms with Crippen LogP contribution in [0, 0.1) is 10.6 Å². The summed E-state index contributed by atoms with van der Waals surface area (Å²) in [5, 5.41) is 12.1. The summed E-state index contributed by atoms with van der Waals surface area (Å²) >= 11 is 5.01. The van der Waals surface area contributed by atoms with E-state index in [4.69, 9.17) is 12.2 Å². The summed E-state index contributed by atoms with van der Waals surface area (Å²) < 4.78 is 14.1. The lowest BCUT2D eigenvalue weighted by Gasteiger charge is -2.18. The third kappa shape index (κ3) is 3.37. The van der Waals surface area contributed by atoms with Crippen LogP contribution in [0.5, 0.6) is 0 Å². The molecule has 0 fully saturated rings. The number of carbonyl (C=O) groups excluding carboxylic acids is 1. The topological polar surface area (TPSA) is 80.9 Å². The number of nitrogens with one attached hydrogen (secondary N) is 3. The van der Waals surface area contributed by atoms with E-state index in [-0.39, 0.29) is 18.2 Å². The molecule has 3 aromatic rings. The minimum atomic E-state index is -0.531. The number of aliphatic hydroxyl groups is 1. The second kappa shape index (κ2) is 6.94. The molecular weight excluding hydrogens is 329 g/mol. The van der Waals surface area contributed by atoms with Crippen molar-refractivity contribution >= 4 is 29.2 Å². The summed E-state index contributed by atoms with van der Waals surface area (Å²) in [6, 6.07) is 11.4. The predicted molar refractivity (Wildman–Crippen MR) is 91.8 cm³/mol. The van der Waals surface area contributed by atoms with Gasteiger partial charge in [-0.25, -0.2) is 4.39 Å². The minimum absolute atomic E-state index is 0.0784. The number of hydrogen-bond acceptors (Lipinski definition) is 3. The molecule has 3 rings (SSSR count). The van der Waals surface area contributed by atoms with Gasteiger partial charge in [0.1, 0.15) is 5.82 Å². The van der Waals surface area contributed by atoms with Crippen molar-refractivity contribution in [2.75, 3.05) is 6.61 Å². The van der Waals surface area contributed by atoms with E-state index in [0.717, 1.165) is 11.6 Å². The lowest BCUT2D eigenvalue weighted by atomic mass is 10.0. The SMILES string of the molecule is O=C(NC(CCO)c1ccccc1)c1cc(F)cc2[nH]c(=S)[nH]c12. The van der Waals surface area contributed by atoms with E-state index in [0.29, 0.717) is 22.2 Å². The van der Waals surface area contributed by atoms with E-state index in [9.17, 15) is 14.3 Å². The van der Waals surface area contributed by atoms with Gasteiger partial charge in [0, 0.05) is 6.61 Å². The van der Waals surface area contributed by atoms with Crippen LogP contribution in [0.25, 0.3) is 11.0 Å². The number of halogens is 1. The first kappa shape index (κ1) is 16.4. The third-order valence-electron chi connectivity index (χ3n) is 3.76. The Labute approximate surface area is 142 Å². The van der Waals surface area contributed by atoms with Gasteiger partial charge in [-0.3, -0.25) is 4.79 Å². The molecule has 4 N–H and O–H groups in total. The van der Waals surface area contributed by atoms with Crippen LogP contribution in [-0.2, 0) is 0 Å². The van der Waals surface area contributed by atoms with Crippen molar-refractivity contribution in [3.8, 4) is 0 Å². The van der Waals surface area contributed by atoms with Gasteiger partial charge in [-0.1, -0.05) is 30.3 Å². The summed E-state index contributed by atoms with van der Waals surface area (Å²) in [6.45, 7) is -0.0784. The molecule has 0 aliphatic rings. The smallest absolute Gasteiger partial charge is 0.254 e. The Kier molecular flexibility index (Phi) is 4.73. The normalized spacial score (nSPS) is 12.2. The standard InChI is InChI=1S/C17H16FN3O2S/c18-11-8-12(15-14(9-11)20-17(24)21-15)16(23)19-13(6-7-22)10-4-2-1-3-5-10/h1-5,8-9,13,22H,6-7H2,(H,19,23)(H2,20,21,24). The maximum absolute atomic E-state index is 13.8. The van der Waals surface area contributed by atoms with Crippen molar-refractivity contribution in [3.05, 3.63) is 64.2 Å². The molecule has 1 atom stereocenters. The summed E-state index contributed by atoms with van der Waals surface area (Å²) in [6.07, 6.45) is 0.358. The van der Waals surface area contributed by atoms with E-state index in [1.165, 1.54) is 6.07 Å². The van der Waals surface area contributed by atoms with Crippen molar-refractivity contribution < 1.29 is 14.3 Å². The Hall–Kier alpha value is -2.51. The number of carbonyl (C=O) groups is 1. The number of fused-ring (bicyclic) bond motifs is 1. The fourth-order valence-corrected chi connectivity index (χ4v) is 2.87. The lowest BCUT2D eigenvalue weighted by Crippen LogP contribution is -2.29. The van der Waals surface area contributed by atoms with Crippen molar-refractivity contribution in [1.29, 1.82) is 0 Å². The monoisotopic (exact) mass is 345 g/mol. The van der Waals surface area contributed by atoms with E-state index in [2.05, 4.69) is 15.3 Å². The number of hydrogen-bond donors (Lipinski definition) is 4. The average molecular weight is 345 g/mol. The molecule has 2 aromatic carbocycles. The number of aromatic amines is 2. The number of rotatable bonds is 5. The molecule has 1 heterocycles. The Morgan fingerprint density at radius 1 is 1.25 bits per heavy atom. The van der Waals surface area contributed by atoms with Gasteiger partial charge in [0.15, 0.2) is 4.77 Å². The van der Waals surface area contributed by atoms with Gasteiger partial charge in [0.2, 0.25) is 0 Å². The number of amides is 1. The van der Waals surface area contributed by atoms with Crippen LogP contribution in [0.2, 0.25) is 0 Å². The highest BCUT2D eigenvalue weighted by molar-refractivity contribution is 7.71. The molecule has 0 radical (unpaired) electrons. The van der Waals surface area contributed by atoms with Gasteiger partial charge in [-0.05, 0) is 36.3 Å². The molecule has 1 unspecified atom stereocenters. The number of aromatic nitrogens is 2. The van der Waals surface area contributed by atoms with Crippen LogP contribution in [0.15, 0.2) is 42.5 Å². The van der Waals surface area contributed by atoms with Gasteiger partial charge in [0.25, 0.3) is 5.91 Å². The molecule has 0 aliphatic carbocycles. The van der Waals surface area contributed by atoms with Crippen LogP contribution < -0.4 is 5.32 Å². The second-order valence-corrected chi connectivity index (χ2v) is 5.81. The summed E-state index contributed by atoms with van der Waals surface area (Å²) in [5.41, 5.74) is 1.92. The van der Waals surface area contributed by atoms with E-state index >= 15 is 0 Å². The van der Waals surface area contributed by atoms with Gasteiger partial charge in [-0.15, -0.1) is 0 Å². The first-order valence-electron chi connectivity index (χ1n) is 7.46. The van der Waals surface area contributed by atoms with Crippen molar-refractivity contribution in [2.45, 2.75) is 12.5 Å². The Balaban J connectivity index is 1.95. The zero-order valence-corrected chi connectivity index (χ0v) is 13.5. The predicted octanol–water partition coefficient (Wildman–Crippen LogP) is 3.22. The Bertz CT molecular complexity index is 920. The molecule has 0 saturated heterocycles. The Morgan fingerprint density at radius 3 is 2.71 bits per heavy atom. The molecule has 0 bridgehead atoms. The van der Waals surface area contributed by atoms with E-state index in [1.54, 1.807) is 0 Å². The molecule has 124 valence electrons. The molecule has 0 saturated carbocycles. The average Bonchev–Trinajstić information content (AvgIpc) is 2.94. The maximum atomic E-state index is 13.8. The molecule has 5 nitrogen and oxygen atoms in total. The van der Waals surface area contributed by atoms with E-state index < -0.39 is 11.7 Å². The summed E-state index contributed by atoms with van der Waals surface area (Å²) in [7, 11) is 0. The minimum Gasteiger partial charge on any atom is -0.396 e. The van der Waals surface area contributed by atoms with Crippen molar-refractivity contribution in [1.82, 2.24) is 15.3 Å². The maximum Gasteiger partial charge on any atom is 0.254 e. The van der Waals surface area contributed by atoms with Crippen LogP contribution in [-0.4, -0.2) is 27.6 Å². The Morgan fingerprint density at radius 2 is 2.00 bits per heavy atom. The van der Waals surface area contributed by atoms with Gasteiger partial charge >= 0.3 is 0 Å². The van der Waals surface area contributed by atoms with Gasteiger partial charge < -0.3 is 20.4 Å². The lowest BCUT2D eigenvalue weighted by molar-refractivity contribution is 0.0931. The van der Waals surface area contributed by atoms with Crippen LogP contribution in [0.4, 0.5) is 4.39 Å². The van der Waals surface area contributed by atoms with Crippen LogP contribution >= 0.6 is 12.2 Å². The molecule has 0 aliphatic heterocycles. The third-order valence-corrected chi connectivity index (χ3v) is 3.96. The number of benzene rings is 2. The first-order chi connectivity index (χ1) is 11.6. The van der Waals surface area contributed by atoms with Crippen LogP contribution in [0.3, 0.4) is 0 Å². The molecule has 1 amide bonds. The fraction of sp³-hybridized carbons (Fsp3) is 0.176. The zero-order valence-electron chi connectivity index (χ0n) is 12.7. The highest BCUT2D eigenvalue weighted by Crippen LogP contribution is 2.21. The highest BCUT2D eigenvalue weighted by atomic mass is 32.1. The molecule has 0 spiro atoms. The summed E-state index contributed by atoms with van der Waals surface area (Å²) in [4.78, 5) is 18.3. The molecule has 24 heavy (non-hydrogen) atoms. The number of aliphatic hydroxyl groups excluding tert-OH is 1. The van der Waals surface area contributed by atoms with Crippen LogP contribution in [0.1, 0.15) is 28.4 Å². The largest absolute Gasteiger partial charge is 0.396 e.